The number of piperidine rings is 1. The van der Waals surface area contributed by atoms with E-state index in [0.29, 0.717) is 12.2 Å². The molecule has 2 heterocycles. The van der Waals surface area contributed by atoms with Crippen LogP contribution in [0.15, 0.2) is 6.07 Å². The number of hydrogen-bond donors (Lipinski definition) is 2. The molecule has 118 valence electrons. The van der Waals surface area contributed by atoms with Crippen molar-refractivity contribution in [1.82, 2.24) is 20.0 Å². The van der Waals surface area contributed by atoms with Crippen LogP contribution >= 0.6 is 0 Å². The molecule has 0 unspecified atom stereocenters. The highest BCUT2D eigenvalue weighted by atomic mass is 16.2. The van der Waals surface area contributed by atoms with Gasteiger partial charge in [-0.05, 0) is 32.3 Å². The average molecular weight is 293 g/mol. The van der Waals surface area contributed by atoms with Crippen molar-refractivity contribution in [3.63, 3.8) is 0 Å². The van der Waals surface area contributed by atoms with E-state index in [-0.39, 0.29) is 11.9 Å². The van der Waals surface area contributed by atoms with Crippen LogP contribution in [0, 0.1) is 0 Å². The van der Waals surface area contributed by atoms with Gasteiger partial charge in [0.2, 0.25) is 0 Å². The summed E-state index contributed by atoms with van der Waals surface area (Å²) >= 11 is 0. The molecule has 21 heavy (non-hydrogen) atoms. The van der Waals surface area contributed by atoms with E-state index in [1.165, 1.54) is 0 Å². The minimum absolute atomic E-state index is 0.00123. The molecule has 2 rings (SSSR count). The van der Waals surface area contributed by atoms with Gasteiger partial charge in [0.25, 0.3) is 5.91 Å². The summed E-state index contributed by atoms with van der Waals surface area (Å²) in [6.07, 6.45) is 2.84. The normalized spacial score (nSPS) is 17.1. The Balaban J connectivity index is 1.91. The SMILES string of the molecule is CCc1cc(C(=O)NC2CCN(CCN)CC2)n(CC)n1. The number of nitrogens with two attached hydrogens (primary N) is 1. The van der Waals surface area contributed by atoms with Crippen molar-refractivity contribution in [2.75, 3.05) is 26.2 Å². The van der Waals surface area contributed by atoms with Gasteiger partial charge in [0.1, 0.15) is 5.69 Å². The fourth-order valence-corrected chi connectivity index (χ4v) is 2.81. The molecular weight excluding hydrogens is 266 g/mol. The minimum Gasteiger partial charge on any atom is -0.348 e. The molecule has 0 aromatic carbocycles. The van der Waals surface area contributed by atoms with Crippen molar-refractivity contribution in [1.29, 1.82) is 0 Å². The van der Waals surface area contributed by atoms with E-state index in [9.17, 15) is 4.79 Å². The van der Waals surface area contributed by atoms with E-state index in [0.717, 1.165) is 51.1 Å². The van der Waals surface area contributed by atoms with Gasteiger partial charge in [-0.25, -0.2) is 0 Å². The maximum Gasteiger partial charge on any atom is 0.269 e. The topological polar surface area (TPSA) is 76.2 Å². The van der Waals surface area contributed by atoms with E-state index in [1.54, 1.807) is 4.68 Å². The quantitative estimate of drug-likeness (QED) is 0.806. The number of rotatable bonds is 6. The summed E-state index contributed by atoms with van der Waals surface area (Å²) in [5.74, 6) is 0.00123. The van der Waals surface area contributed by atoms with Gasteiger partial charge in [-0.3, -0.25) is 9.48 Å². The van der Waals surface area contributed by atoms with Crippen LogP contribution in [0.25, 0.3) is 0 Å². The van der Waals surface area contributed by atoms with E-state index in [1.807, 2.05) is 13.0 Å². The largest absolute Gasteiger partial charge is 0.348 e. The lowest BCUT2D eigenvalue weighted by Crippen LogP contribution is -2.46. The van der Waals surface area contributed by atoms with Crippen molar-refractivity contribution >= 4 is 5.91 Å². The molecule has 1 aliphatic heterocycles. The fraction of sp³-hybridized carbons (Fsp3) is 0.733. The van der Waals surface area contributed by atoms with E-state index >= 15 is 0 Å². The molecule has 6 nitrogen and oxygen atoms in total. The number of hydrogen-bond acceptors (Lipinski definition) is 4. The Morgan fingerprint density at radius 1 is 1.43 bits per heavy atom. The van der Waals surface area contributed by atoms with Gasteiger partial charge in [-0.2, -0.15) is 5.10 Å². The number of nitrogens with zero attached hydrogens (tertiary/aromatic N) is 3. The lowest BCUT2D eigenvalue weighted by atomic mass is 10.0. The van der Waals surface area contributed by atoms with E-state index < -0.39 is 0 Å². The highest BCUT2D eigenvalue weighted by molar-refractivity contribution is 5.92. The van der Waals surface area contributed by atoms with Crippen molar-refractivity contribution in [3.05, 3.63) is 17.5 Å². The first-order chi connectivity index (χ1) is 10.2. The monoisotopic (exact) mass is 293 g/mol. The Labute approximate surface area is 126 Å². The summed E-state index contributed by atoms with van der Waals surface area (Å²) in [5.41, 5.74) is 7.23. The molecule has 0 radical (unpaired) electrons. The lowest BCUT2D eigenvalue weighted by Gasteiger charge is -2.31. The second-order valence-corrected chi connectivity index (χ2v) is 5.57. The first kappa shape index (κ1) is 16.0. The third-order valence-electron chi connectivity index (χ3n) is 4.09. The molecule has 0 spiro atoms. The average Bonchev–Trinajstić information content (AvgIpc) is 2.93. The zero-order valence-corrected chi connectivity index (χ0v) is 13.1. The molecule has 0 aliphatic carbocycles. The molecule has 1 aliphatic rings. The highest BCUT2D eigenvalue weighted by Crippen LogP contribution is 2.12. The first-order valence-corrected chi connectivity index (χ1v) is 7.97. The Kier molecular flexibility index (Phi) is 5.76. The Morgan fingerprint density at radius 2 is 2.14 bits per heavy atom. The number of amides is 1. The third kappa shape index (κ3) is 4.04. The van der Waals surface area contributed by atoms with Gasteiger partial charge >= 0.3 is 0 Å². The van der Waals surface area contributed by atoms with Gasteiger partial charge in [-0.1, -0.05) is 6.92 Å². The molecular formula is C15H27N5O. The highest BCUT2D eigenvalue weighted by Gasteiger charge is 2.22. The summed E-state index contributed by atoms with van der Waals surface area (Å²) in [7, 11) is 0. The van der Waals surface area contributed by atoms with Gasteiger partial charge in [0.05, 0.1) is 5.69 Å². The smallest absolute Gasteiger partial charge is 0.269 e. The predicted molar refractivity (Wildman–Crippen MR) is 83.3 cm³/mol. The van der Waals surface area contributed by atoms with E-state index in [4.69, 9.17) is 5.73 Å². The van der Waals surface area contributed by atoms with Crippen LogP contribution in [0.5, 0.6) is 0 Å². The fourth-order valence-electron chi connectivity index (χ4n) is 2.81. The second-order valence-electron chi connectivity index (χ2n) is 5.57. The molecule has 1 aromatic heterocycles. The first-order valence-electron chi connectivity index (χ1n) is 7.97. The number of carbonyl (C=O) groups is 1. The molecule has 1 amide bonds. The molecule has 0 saturated carbocycles. The standard InChI is InChI=1S/C15H27N5O/c1-3-12-11-14(20(4-2)18-12)15(21)17-13-5-8-19(9-6-13)10-7-16/h11,13H,3-10,16H2,1-2H3,(H,17,21). The van der Waals surface area contributed by atoms with Gasteiger partial charge in [-0.15, -0.1) is 0 Å². The maximum absolute atomic E-state index is 12.4. The van der Waals surface area contributed by atoms with Crippen molar-refractivity contribution in [3.8, 4) is 0 Å². The number of aromatic nitrogens is 2. The lowest BCUT2D eigenvalue weighted by molar-refractivity contribution is 0.0901. The number of likely N-dealkylation sites (tertiary alicyclic amines) is 1. The van der Waals surface area contributed by atoms with Gasteiger partial charge in [0.15, 0.2) is 0 Å². The zero-order chi connectivity index (χ0) is 15.2. The summed E-state index contributed by atoms with van der Waals surface area (Å²) in [5, 5.41) is 7.58. The Bertz CT molecular complexity index is 463. The van der Waals surface area contributed by atoms with Gasteiger partial charge < -0.3 is 16.0 Å². The summed E-state index contributed by atoms with van der Waals surface area (Å²) in [6, 6.07) is 2.17. The number of nitrogens with one attached hydrogen (secondary N) is 1. The van der Waals surface area contributed by atoms with Crippen LogP contribution in [0.4, 0.5) is 0 Å². The maximum atomic E-state index is 12.4. The van der Waals surface area contributed by atoms with Crippen molar-refractivity contribution in [2.24, 2.45) is 5.73 Å². The molecule has 1 aromatic rings. The minimum atomic E-state index is 0.00123. The van der Waals surface area contributed by atoms with Crippen molar-refractivity contribution in [2.45, 2.75) is 45.7 Å². The molecule has 0 bridgehead atoms. The summed E-state index contributed by atoms with van der Waals surface area (Å²) in [4.78, 5) is 14.8. The van der Waals surface area contributed by atoms with Crippen LogP contribution in [0.3, 0.4) is 0 Å². The molecule has 0 atom stereocenters. The van der Waals surface area contributed by atoms with Crippen LogP contribution in [0.1, 0.15) is 42.9 Å². The Hall–Kier alpha value is -1.40. The number of aryl methyl sites for hydroxylation is 2. The van der Waals surface area contributed by atoms with Crippen LogP contribution in [-0.4, -0.2) is 52.8 Å². The molecule has 1 saturated heterocycles. The zero-order valence-electron chi connectivity index (χ0n) is 13.1. The van der Waals surface area contributed by atoms with Gasteiger partial charge in [0, 0.05) is 38.8 Å². The third-order valence-corrected chi connectivity index (χ3v) is 4.09. The van der Waals surface area contributed by atoms with Crippen LogP contribution < -0.4 is 11.1 Å². The predicted octanol–water partition coefficient (Wildman–Crippen LogP) is 0.618. The summed E-state index contributed by atoms with van der Waals surface area (Å²) < 4.78 is 1.79. The summed E-state index contributed by atoms with van der Waals surface area (Å²) in [6.45, 7) is 8.45. The van der Waals surface area contributed by atoms with Crippen LogP contribution in [0.2, 0.25) is 0 Å². The van der Waals surface area contributed by atoms with Crippen LogP contribution in [-0.2, 0) is 13.0 Å². The molecule has 1 fully saturated rings. The Morgan fingerprint density at radius 3 is 2.71 bits per heavy atom. The molecule has 6 heteroatoms. The number of carbonyl (C=O) groups excluding carboxylic acids is 1. The van der Waals surface area contributed by atoms with E-state index in [2.05, 4.69) is 22.2 Å². The molecule has 3 N–H and O–H groups in total. The van der Waals surface area contributed by atoms with Crippen molar-refractivity contribution < 1.29 is 4.79 Å². The second kappa shape index (κ2) is 7.56.